The van der Waals surface area contributed by atoms with Gasteiger partial charge in [-0.25, -0.2) is 4.79 Å². The van der Waals surface area contributed by atoms with Crippen LogP contribution in [0.15, 0.2) is 48.5 Å². The van der Waals surface area contributed by atoms with Crippen LogP contribution in [0.4, 0.5) is 33.8 Å². The molecule has 3 aliphatic heterocycles. The fourth-order valence-corrected chi connectivity index (χ4v) is 7.00. The summed E-state index contributed by atoms with van der Waals surface area (Å²) in [5, 5.41) is 26.0. The first-order valence-electron chi connectivity index (χ1n) is 17.3. The third-order valence-corrected chi connectivity index (χ3v) is 9.99. The predicted molar refractivity (Wildman–Crippen MR) is 187 cm³/mol. The number of aliphatic hydroxyl groups excluding tert-OH is 2. The molecule has 0 radical (unpaired) electrons. The van der Waals surface area contributed by atoms with Crippen molar-refractivity contribution < 1.29 is 19.7 Å². The summed E-state index contributed by atoms with van der Waals surface area (Å²) in [5.74, 6) is 2.38. The number of benzene rings is 2. The summed E-state index contributed by atoms with van der Waals surface area (Å²) < 4.78 is 5.64. The minimum absolute atomic E-state index is 0.0506. The van der Waals surface area contributed by atoms with Crippen molar-refractivity contribution in [3.05, 3.63) is 48.5 Å². The Balaban J connectivity index is 1.01. The van der Waals surface area contributed by atoms with E-state index in [1.54, 1.807) is 0 Å². The summed E-state index contributed by atoms with van der Waals surface area (Å²) in [7, 11) is 0. The average molecular weight is 658 g/mol. The largest absolute Gasteiger partial charge is 0.394 e. The number of anilines is 5. The third-order valence-electron chi connectivity index (χ3n) is 9.99. The van der Waals surface area contributed by atoms with E-state index in [1.807, 2.05) is 41.3 Å². The van der Waals surface area contributed by atoms with Crippen LogP contribution in [-0.4, -0.2) is 120 Å². The van der Waals surface area contributed by atoms with Crippen molar-refractivity contribution in [2.24, 2.45) is 5.92 Å². The fraction of sp³-hybridized carbons (Fsp3) is 0.543. The fourth-order valence-electron chi connectivity index (χ4n) is 7.00. The van der Waals surface area contributed by atoms with Gasteiger partial charge in [-0.15, -0.1) is 0 Å². The molecule has 13 heteroatoms. The van der Waals surface area contributed by atoms with E-state index in [0.717, 1.165) is 56.2 Å². The molecule has 256 valence electrons. The predicted octanol–water partition coefficient (Wildman–Crippen LogP) is 3.26. The number of piperazine rings is 1. The zero-order valence-electron chi connectivity index (χ0n) is 27.7. The third kappa shape index (κ3) is 7.49. The van der Waals surface area contributed by atoms with Crippen LogP contribution in [0.5, 0.6) is 0 Å². The molecule has 3 atom stereocenters. The molecule has 4 aliphatic rings. The summed E-state index contributed by atoms with van der Waals surface area (Å²) in [6, 6.07) is 14.8. The molecule has 3 aromatic rings. The zero-order chi connectivity index (χ0) is 33.0. The number of hydrogen-bond acceptors (Lipinski definition) is 11. The van der Waals surface area contributed by atoms with E-state index in [4.69, 9.17) is 19.7 Å². The van der Waals surface area contributed by atoms with Crippen molar-refractivity contribution in [1.82, 2.24) is 19.9 Å². The van der Waals surface area contributed by atoms with Crippen molar-refractivity contribution in [2.45, 2.75) is 50.7 Å². The lowest BCUT2D eigenvalue weighted by Gasteiger charge is -2.36. The molecule has 0 spiro atoms. The second-order valence-electron chi connectivity index (χ2n) is 13.5. The van der Waals surface area contributed by atoms with Gasteiger partial charge in [0.05, 0.1) is 44.6 Å². The first-order chi connectivity index (χ1) is 23.5. The quantitative estimate of drug-likeness (QED) is 0.255. The van der Waals surface area contributed by atoms with E-state index in [-0.39, 0.29) is 37.4 Å². The molecular weight excluding hydrogens is 610 g/mol. The Labute approximate surface area is 281 Å². The van der Waals surface area contributed by atoms with Gasteiger partial charge in [-0.2, -0.15) is 15.0 Å². The molecule has 1 unspecified atom stereocenters. The molecule has 4 fully saturated rings. The van der Waals surface area contributed by atoms with Gasteiger partial charge >= 0.3 is 6.03 Å². The topological polar surface area (TPSA) is 142 Å². The molecule has 1 aromatic heterocycles. The van der Waals surface area contributed by atoms with Gasteiger partial charge in [0.2, 0.25) is 11.9 Å². The molecule has 1 saturated carbocycles. The summed E-state index contributed by atoms with van der Waals surface area (Å²) in [6.45, 7) is 9.28. The normalized spacial score (nSPS) is 23.4. The van der Waals surface area contributed by atoms with Gasteiger partial charge in [0.25, 0.3) is 0 Å². The van der Waals surface area contributed by atoms with Gasteiger partial charge < -0.3 is 40.3 Å². The number of amides is 2. The Hall–Kier alpha value is -4.04. The van der Waals surface area contributed by atoms with Crippen molar-refractivity contribution in [3.63, 3.8) is 0 Å². The van der Waals surface area contributed by atoms with E-state index in [1.165, 1.54) is 25.1 Å². The molecule has 0 bridgehead atoms. The molecule has 4 N–H and O–H groups in total. The van der Waals surface area contributed by atoms with Crippen LogP contribution in [0.1, 0.15) is 32.6 Å². The number of rotatable bonds is 10. The minimum atomic E-state index is -0.325. The lowest BCUT2D eigenvalue weighted by Crippen LogP contribution is -2.47. The van der Waals surface area contributed by atoms with Crippen molar-refractivity contribution in [1.29, 1.82) is 0 Å². The van der Waals surface area contributed by atoms with Crippen LogP contribution in [0.25, 0.3) is 11.4 Å². The first kappa shape index (κ1) is 32.5. The molecule has 1 aliphatic carbocycles. The average Bonchev–Trinajstić information content (AvgIpc) is 3.83. The maximum atomic E-state index is 12.9. The zero-order valence-corrected chi connectivity index (χ0v) is 27.7. The van der Waals surface area contributed by atoms with E-state index in [9.17, 15) is 15.0 Å². The number of nitrogens with one attached hydrogen (secondary N) is 2. The molecule has 48 heavy (non-hydrogen) atoms. The second-order valence-corrected chi connectivity index (χ2v) is 13.5. The number of aromatic nitrogens is 3. The maximum Gasteiger partial charge on any atom is 0.323 e. The Morgan fingerprint density at radius 1 is 0.812 bits per heavy atom. The number of carbonyl (C=O) groups excluding carboxylic acids is 1. The van der Waals surface area contributed by atoms with Crippen molar-refractivity contribution in [3.8, 4) is 11.4 Å². The molecule has 13 nitrogen and oxygen atoms in total. The van der Waals surface area contributed by atoms with Gasteiger partial charge in [-0.3, -0.25) is 4.90 Å². The SMILES string of the molecule is CC1COCCN1c1nc(-c2ccc(NC(=O)Nc3ccc(N4CCN(CC5CC5)CC4)cc3)cc2)nc(N2[C@H](CO)CC[C@@H]2CO)n1. The van der Waals surface area contributed by atoms with Crippen LogP contribution in [-0.2, 0) is 4.74 Å². The number of hydrogen-bond donors (Lipinski definition) is 4. The van der Waals surface area contributed by atoms with Crippen molar-refractivity contribution >= 4 is 35.0 Å². The first-order valence-corrected chi connectivity index (χ1v) is 17.3. The van der Waals surface area contributed by atoms with Gasteiger partial charge in [0.15, 0.2) is 5.82 Å². The molecule has 3 saturated heterocycles. The highest BCUT2D eigenvalue weighted by Crippen LogP contribution is 2.32. The number of aliphatic hydroxyl groups is 2. The lowest BCUT2D eigenvalue weighted by molar-refractivity contribution is 0.0981. The van der Waals surface area contributed by atoms with Gasteiger partial charge in [0.1, 0.15) is 0 Å². The number of carbonyl (C=O) groups is 1. The monoisotopic (exact) mass is 657 g/mol. The molecule has 7 rings (SSSR count). The molecule has 2 amide bonds. The Bertz CT molecular complexity index is 1520. The van der Waals surface area contributed by atoms with E-state index < -0.39 is 0 Å². The van der Waals surface area contributed by atoms with Crippen LogP contribution in [0.3, 0.4) is 0 Å². The minimum Gasteiger partial charge on any atom is -0.394 e. The van der Waals surface area contributed by atoms with Gasteiger partial charge in [-0.1, -0.05) is 0 Å². The summed E-state index contributed by atoms with van der Waals surface area (Å²) in [5.41, 5.74) is 3.30. The lowest BCUT2D eigenvalue weighted by atomic mass is 10.2. The van der Waals surface area contributed by atoms with E-state index in [2.05, 4.69) is 44.4 Å². The van der Waals surface area contributed by atoms with Crippen LogP contribution >= 0.6 is 0 Å². The van der Waals surface area contributed by atoms with E-state index in [0.29, 0.717) is 43.2 Å². The Morgan fingerprint density at radius 2 is 1.44 bits per heavy atom. The number of morpholine rings is 1. The number of nitrogens with zero attached hydrogens (tertiary/aromatic N) is 7. The van der Waals surface area contributed by atoms with Gasteiger partial charge in [0, 0.05) is 61.9 Å². The Morgan fingerprint density at radius 3 is 2.04 bits per heavy atom. The summed E-state index contributed by atoms with van der Waals surface area (Å²) >= 11 is 0. The van der Waals surface area contributed by atoms with Crippen LogP contribution in [0, 0.1) is 5.92 Å². The molecular formula is C35H47N9O4. The number of ether oxygens (including phenoxy) is 1. The highest BCUT2D eigenvalue weighted by molar-refractivity contribution is 6.00. The Kier molecular flexibility index (Phi) is 9.89. The molecule has 4 heterocycles. The second kappa shape index (κ2) is 14.6. The van der Waals surface area contributed by atoms with Crippen molar-refractivity contribution in [2.75, 3.05) is 91.0 Å². The van der Waals surface area contributed by atoms with Gasteiger partial charge in [-0.05, 0) is 87.1 Å². The summed E-state index contributed by atoms with van der Waals surface area (Å²) in [6.07, 6.45) is 4.28. The summed E-state index contributed by atoms with van der Waals surface area (Å²) in [4.78, 5) is 36.4. The number of urea groups is 1. The van der Waals surface area contributed by atoms with Crippen LogP contribution < -0.4 is 25.3 Å². The maximum absolute atomic E-state index is 12.9. The van der Waals surface area contributed by atoms with E-state index >= 15 is 0 Å². The smallest absolute Gasteiger partial charge is 0.323 e. The van der Waals surface area contributed by atoms with Crippen LogP contribution in [0.2, 0.25) is 0 Å². The highest BCUT2D eigenvalue weighted by atomic mass is 16.5. The highest BCUT2D eigenvalue weighted by Gasteiger charge is 2.36. The standard InChI is InChI=1S/C35H47N9O4/c1-24-23-48-19-18-43(24)33-38-32(39-34(40-33)44-30(21-45)12-13-31(44)22-46)26-4-6-27(7-5-26)36-35(47)37-28-8-10-29(11-9-28)42-16-14-41(15-17-42)20-25-2-3-25/h4-11,24-25,30-31,45-46H,2-3,12-23H2,1H3,(H2,36,37,47)/t24?,30-,31+. The molecule has 2 aromatic carbocycles.